The molecule has 36 heavy (non-hydrogen) atoms. The average molecular weight is 539 g/mol. The van der Waals surface area contributed by atoms with E-state index in [1.54, 1.807) is 18.2 Å². The van der Waals surface area contributed by atoms with E-state index in [1.807, 2.05) is 30.3 Å². The van der Waals surface area contributed by atoms with Crippen molar-refractivity contribution in [3.63, 3.8) is 0 Å². The van der Waals surface area contributed by atoms with Gasteiger partial charge in [0, 0.05) is 15.8 Å². The molecule has 1 N–H and O–H groups in total. The predicted molar refractivity (Wildman–Crippen MR) is 147 cm³/mol. The lowest BCUT2D eigenvalue weighted by Crippen LogP contribution is -2.15. The zero-order valence-corrected chi connectivity index (χ0v) is 22.0. The van der Waals surface area contributed by atoms with Gasteiger partial charge in [0.25, 0.3) is 5.91 Å². The molecule has 0 unspecified atom stereocenters. The summed E-state index contributed by atoms with van der Waals surface area (Å²) in [7, 11) is 1.38. The fourth-order valence-corrected chi connectivity index (χ4v) is 6.23. The maximum Gasteiger partial charge on any atom is 0.341 e. The molecule has 0 radical (unpaired) electrons. The number of hydrogen-bond acceptors (Lipinski definition) is 5. The van der Waals surface area contributed by atoms with Gasteiger partial charge in [-0.1, -0.05) is 60.3 Å². The van der Waals surface area contributed by atoms with Gasteiger partial charge in [-0.05, 0) is 55.5 Å². The van der Waals surface area contributed by atoms with Crippen LogP contribution in [0.2, 0.25) is 10.0 Å². The van der Waals surface area contributed by atoms with Crippen LogP contribution in [0.4, 0.5) is 5.00 Å². The number of para-hydroxylation sites is 1. The third kappa shape index (κ3) is 4.85. The normalized spacial score (nSPS) is 13.5. The van der Waals surface area contributed by atoms with Crippen molar-refractivity contribution in [2.24, 2.45) is 0 Å². The van der Waals surface area contributed by atoms with Gasteiger partial charge >= 0.3 is 5.97 Å². The molecule has 0 bridgehead atoms. The minimum Gasteiger partial charge on any atom is -0.465 e. The number of ether oxygens (including phenoxy) is 1. The van der Waals surface area contributed by atoms with E-state index in [0.29, 0.717) is 42.8 Å². The van der Waals surface area contributed by atoms with Crippen LogP contribution in [0.3, 0.4) is 0 Å². The van der Waals surface area contributed by atoms with E-state index in [1.165, 1.54) is 24.9 Å². The Hall–Kier alpha value is -2.93. The largest absolute Gasteiger partial charge is 0.465 e. The second-order valence-electron chi connectivity index (χ2n) is 8.77. The van der Waals surface area contributed by atoms with E-state index in [4.69, 9.17) is 32.9 Å². The van der Waals surface area contributed by atoms with Crippen LogP contribution in [0.5, 0.6) is 0 Å². The van der Waals surface area contributed by atoms with Gasteiger partial charge < -0.3 is 10.1 Å². The van der Waals surface area contributed by atoms with Crippen LogP contribution < -0.4 is 5.32 Å². The molecule has 4 aromatic rings. The van der Waals surface area contributed by atoms with E-state index < -0.39 is 5.97 Å². The van der Waals surface area contributed by atoms with E-state index in [2.05, 4.69) is 5.32 Å². The lowest BCUT2D eigenvalue weighted by Gasteiger charge is -2.12. The number of benzene rings is 2. The molecule has 0 fully saturated rings. The van der Waals surface area contributed by atoms with Crippen molar-refractivity contribution in [2.45, 2.75) is 38.5 Å². The Morgan fingerprint density at radius 3 is 2.53 bits per heavy atom. The van der Waals surface area contributed by atoms with Crippen LogP contribution >= 0.6 is 34.5 Å². The molecule has 2 aromatic carbocycles. The summed E-state index contributed by atoms with van der Waals surface area (Å²) >= 11 is 13.8. The summed E-state index contributed by atoms with van der Waals surface area (Å²) in [5, 5.41) is 5.15. The number of aryl methyl sites for hydroxylation is 1. The van der Waals surface area contributed by atoms with Crippen molar-refractivity contribution in [1.82, 2.24) is 4.98 Å². The average Bonchev–Trinajstić information content (AvgIpc) is 3.19. The van der Waals surface area contributed by atoms with E-state index in [0.717, 1.165) is 48.1 Å². The lowest BCUT2D eigenvalue weighted by atomic mass is 9.96. The maximum absolute atomic E-state index is 13.7. The van der Waals surface area contributed by atoms with E-state index in [9.17, 15) is 9.59 Å². The summed E-state index contributed by atoms with van der Waals surface area (Å²) < 4.78 is 5.11. The van der Waals surface area contributed by atoms with Crippen LogP contribution in [0.1, 0.15) is 56.8 Å². The van der Waals surface area contributed by atoms with Gasteiger partial charge in [-0.25, -0.2) is 9.78 Å². The molecule has 5 rings (SSSR count). The van der Waals surface area contributed by atoms with E-state index >= 15 is 0 Å². The van der Waals surface area contributed by atoms with Gasteiger partial charge in [0.15, 0.2) is 0 Å². The Labute approximate surface area is 223 Å². The van der Waals surface area contributed by atoms with Crippen LogP contribution in [0.15, 0.2) is 48.5 Å². The number of pyridine rings is 1. The lowest BCUT2D eigenvalue weighted by molar-refractivity contribution is 0.0601. The fraction of sp³-hybridized carbons (Fsp3) is 0.250. The topological polar surface area (TPSA) is 68.3 Å². The number of halogens is 2. The summed E-state index contributed by atoms with van der Waals surface area (Å²) in [5.74, 6) is -0.728. The van der Waals surface area contributed by atoms with E-state index in [-0.39, 0.29) is 5.91 Å². The number of thiophene rings is 1. The smallest absolute Gasteiger partial charge is 0.341 e. The third-order valence-corrected chi connectivity index (χ3v) is 8.41. The molecular weight excluding hydrogens is 515 g/mol. The van der Waals surface area contributed by atoms with Crippen molar-refractivity contribution in [2.75, 3.05) is 12.4 Å². The Morgan fingerprint density at radius 2 is 1.75 bits per heavy atom. The first-order valence-electron chi connectivity index (χ1n) is 11.9. The number of anilines is 1. The molecule has 8 heteroatoms. The Balaban J connectivity index is 1.59. The quantitative estimate of drug-likeness (QED) is 0.267. The second kappa shape index (κ2) is 10.6. The molecule has 2 heterocycles. The first-order chi connectivity index (χ1) is 17.5. The maximum atomic E-state index is 13.7. The second-order valence-corrected chi connectivity index (χ2v) is 10.7. The minimum absolute atomic E-state index is 0.311. The number of aromatic nitrogens is 1. The van der Waals surface area contributed by atoms with Gasteiger partial charge in [-0.2, -0.15) is 0 Å². The van der Waals surface area contributed by atoms with Crippen LogP contribution in [-0.4, -0.2) is 24.0 Å². The van der Waals surface area contributed by atoms with Gasteiger partial charge in [-0.3, -0.25) is 4.79 Å². The molecule has 184 valence electrons. The molecule has 0 saturated heterocycles. The van der Waals surface area contributed by atoms with Crippen molar-refractivity contribution in [3.05, 3.63) is 80.1 Å². The molecule has 1 aliphatic carbocycles. The first kappa shape index (κ1) is 24.8. The summed E-state index contributed by atoms with van der Waals surface area (Å²) in [6.45, 7) is 0. The Bertz CT molecular complexity index is 1480. The van der Waals surface area contributed by atoms with Crippen molar-refractivity contribution >= 4 is 62.3 Å². The number of fused-ring (bicyclic) bond motifs is 2. The number of carbonyl (C=O) groups excluding carboxylic acids is 2. The standard InChI is InChI=1S/C28H24Cl2N2O3S/c1-35-28(34)25-18-9-4-2-3-5-11-24(18)36-27(25)32-26(33)19-15-23(16-12-13-20(29)21(30)14-16)31-22-10-7-6-8-17(19)22/h6-8,10,12-15H,2-5,9,11H2,1H3,(H,32,33). The zero-order valence-electron chi connectivity index (χ0n) is 19.7. The molecule has 2 aromatic heterocycles. The number of rotatable bonds is 4. The summed E-state index contributed by atoms with van der Waals surface area (Å²) in [6, 6.07) is 14.5. The van der Waals surface area contributed by atoms with Crippen LogP contribution in [0.25, 0.3) is 22.2 Å². The monoisotopic (exact) mass is 538 g/mol. The minimum atomic E-state index is -0.417. The van der Waals surface area contributed by atoms with Gasteiger partial charge in [0.1, 0.15) is 5.00 Å². The number of carbonyl (C=O) groups is 2. The number of methoxy groups -OCH3 is 1. The molecule has 0 atom stereocenters. The Kier molecular flexibility index (Phi) is 7.28. The van der Waals surface area contributed by atoms with Gasteiger partial charge in [-0.15, -0.1) is 11.3 Å². The van der Waals surface area contributed by atoms with Gasteiger partial charge in [0.2, 0.25) is 0 Å². The summed E-state index contributed by atoms with van der Waals surface area (Å²) in [4.78, 5) is 32.4. The highest BCUT2D eigenvalue weighted by atomic mass is 35.5. The molecule has 0 spiro atoms. The number of nitrogens with zero attached hydrogens (tertiary/aromatic N) is 1. The van der Waals surface area contributed by atoms with Crippen molar-refractivity contribution < 1.29 is 14.3 Å². The summed E-state index contributed by atoms with van der Waals surface area (Å²) in [5.41, 5.74) is 3.98. The Morgan fingerprint density at radius 1 is 0.972 bits per heavy atom. The first-order valence-corrected chi connectivity index (χ1v) is 13.4. The third-order valence-electron chi connectivity index (χ3n) is 6.46. The number of nitrogens with one attached hydrogen (secondary N) is 1. The predicted octanol–water partition coefficient (Wildman–Crippen LogP) is 7.97. The SMILES string of the molecule is COC(=O)c1c(NC(=O)c2cc(-c3ccc(Cl)c(Cl)c3)nc3ccccc23)sc2c1CCCCCC2. The summed E-state index contributed by atoms with van der Waals surface area (Å²) in [6.07, 6.45) is 6.11. The van der Waals surface area contributed by atoms with Crippen molar-refractivity contribution in [1.29, 1.82) is 0 Å². The number of hydrogen-bond donors (Lipinski definition) is 1. The van der Waals surface area contributed by atoms with Crippen molar-refractivity contribution in [3.8, 4) is 11.3 Å². The number of amides is 1. The highest BCUT2D eigenvalue weighted by Crippen LogP contribution is 2.38. The fourth-order valence-electron chi connectivity index (χ4n) is 4.66. The van der Waals surface area contributed by atoms with Crippen LogP contribution in [0, 0.1) is 0 Å². The van der Waals surface area contributed by atoms with Crippen LogP contribution in [-0.2, 0) is 17.6 Å². The molecule has 5 nitrogen and oxygen atoms in total. The molecule has 0 aliphatic heterocycles. The highest BCUT2D eigenvalue weighted by Gasteiger charge is 2.26. The number of esters is 1. The molecule has 0 saturated carbocycles. The van der Waals surface area contributed by atoms with Gasteiger partial charge in [0.05, 0.1) is 39.5 Å². The molecular formula is C28H24Cl2N2O3S. The molecule has 1 amide bonds. The molecule has 1 aliphatic rings. The zero-order chi connectivity index (χ0) is 25.2. The highest BCUT2D eigenvalue weighted by molar-refractivity contribution is 7.17.